The van der Waals surface area contributed by atoms with E-state index < -0.39 is 71.7 Å². The lowest BCUT2D eigenvalue weighted by molar-refractivity contribution is -0.0481. The normalized spacial score (nSPS) is 23.9. The Morgan fingerprint density at radius 3 is 2.41 bits per heavy atom. The molecular formula is C36H49FN2O9Si. The quantitative estimate of drug-likeness (QED) is 0.125. The van der Waals surface area contributed by atoms with Crippen molar-refractivity contribution in [2.24, 2.45) is 11.8 Å². The number of aliphatic hydroxyl groups excluding tert-OH is 1. The number of aromatic nitrogens is 1. The number of halogens is 1. The lowest BCUT2D eigenvalue weighted by Crippen LogP contribution is -2.65. The van der Waals surface area contributed by atoms with Gasteiger partial charge in [-0.25, -0.2) is 9.18 Å². The fraction of sp³-hybridized carbons (Fsp3) is 0.611. The van der Waals surface area contributed by atoms with E-state index >= 15 is 9.18 Å². The number of benzene rings is 1. The zero-order valence-electron chi connectivity index (χ0n) is 30.4. The minimum absolute atomic E-state index is 0.00677. The van der Waals surface area contributed by atoms with Crippen LogP contribution in [0.4, 0.5) is 9.18 Å². The van der Waals surface area contributed by atoms with E-state index in [1.807, 2.05) is 59.8 Å². The largest absolute Gasteiger partial charge is 0.514 e. The van der Waals surface area contributed by atoms with Crippen molar-refractivity contribution in [2.75, 3.05) is 20.7 Å². The molecule has 5 rings (SSSR count). The number of hydrogen-bond acceptors (Lipinski definition) is 11. The number of unbranched alkanes of at least 4 members (excludes halogenated alkanes) is 1. The van der Waals surface area contributed by atoms with E-state index in [-0.39, 0.29) is 46.7 Å². The summed E-state index contributed by atoms with van der Waals surface area (Å²) in [5, 5.41) is 16.4. The Kier molecular flexibility index (Phi) is 9.48. The van der Waals surface area contributed by atoms with Gasteiger partial charge < -0.3 is 28.3 Å². The van der Waals surface area contributed by atoms with Gasteiger partial charge in [0.25, 0.3) is 5.88 Å². The first-order chi connectivity index (χ1) is 22.7. The Bertz CT molecular complexity index is 1700. The van der Waals surface area contributed by atoms with Gasteiger partial charge in [0, 0.05) is 17.1 Å². The summed E-state index contributed by atoms with van der Waals surface area (Å²) in [6.45, 7) is 17.3. The molecule has 1 heterocycles. The molecule has 0 amide bonds. The molecular weight excluding hydrogens is 651 g/mol. The first kappa shape index (κ1) is 36.7. The van der Waals surface area contributed by atoms with Crippen LogP contribution in [0, 0.1) is 17.7 Å². The molecule has 1 N–H and O–H groups in total. The molecule has 0 saturated heterocycles. The highest BCUT2D eigenvalue weighted by atomic mass is 28.4. The maximum Gasteiger partial charge on any atom is 0.514 e. The minimum atomic E-state index is -2.90. The van der Waals surface area contributed by atoms with Crippen LogP contribution in [0.1, 0.15) is 106 Å². The molecule has 13 heteroatoms. The van der Waals surface area contributed by atoms with Crippen LogP contribution in [0.2, 0.25) is 18.1 Å². The average molecular weight is 701 g/mol. The zero-order valence-corrected chi connectivity index (χ0v) is 31.4. The van der Waals surface area contributed by atoms with Crippen LogP contribution >= 0.6 is 0 Å². The molecule has 11 nitrogen and oxygen atoms in total. The number of carbonyl (C=O) groups excluding carboxylic acids is 3. The van der Waals surface area contributed by atoms with Gasteiger partial charge >= 0.3 is 6.16 Å². The summed E-state index contributed by atoms with van der Waals surface area (Å²) >= 11 is 0. The van der Waals surface area contributed by atoms with Gasteiger partial charge in [-0.1, -0.05) is 34.1 Å². The van der Waals surface area contributed by atoms with Crippen molar-refractivity contribution in [3.63, 3.8) is 0 Å². The monoisotopic (exact) mass is 700 g/mol. The van der Waals surface area contributed by atoms with Crippen molar-refractivity contribution in [3.05, 3.63) is 51.7 Å². The van der Waals surface area contributed by atoms with Crippen LogP contribution in [0.5, 0.6) is 11.6 Å². The third kappa shape index (κ3) is 6.22. The van der Waals surface area contributed by atoms with Crippen molar-refractivity contribution in [1.82, 2.24) is 10.1 Å². The van der Waals surface area contributed by atoms with Gasteiger partial charge in [0.2, 0.25) is 5.78 Å². The SMILES string of the molecule is CCCCOc1noc2c1C(=O)[C@@]1(O[Si](C)(C)C(C)(C)C)C(O)=C3C(=O)c4c(OC(=O)OC(C)(C)C)ccc(F)c4C[C@H]3C[C@H]1[C@@H]2N(C)C. The number of fused-ring (bicyclic) bond motifs is 4. The number of hydrogen-bond donors (Lipinski definition) is 1. The van der Waals surface area contributed by atoms with Crippen LogP contribution in [-0.2, 0) is 15.6 Å². The summed E-state index contributed by atoms with van der Waals surface area (Å²) in [7, 11) is 0.760. The van der Waals surface area contributed by atoms with Crippen molar-refractivity contribution in [1.29, 1.82) is 0 Å². The fourth-order valence-electron chi connectivity index (χ4n) is 6.94. The number of ether oxygens (including phenoxy) is 3. The summed E-state index contributed by atoms with van der Waals surface area (Å²) in [5.74, 6) is -3.87. The number of ketones is 2. The van der Waals surface area contributed by atoms with Crippen LogP contribution in [0.25, 0.3) is 0 Å². The highest BCUT2D eigenvalue weighted by molar-refractivity contribution is 6.74. The first-order valence-corrected chi connectivity index (χ1v) is 19.8. The Morgan fingerprint density at radius 1 is 1.14 bits per heavy atom. The molecule has 0 bridgehead atoms. The van der Waals surface area contributed by atoms with Gasteiger partial charge in [-0.3, -0.25) is 14.5 Å². The van der Waals surface area contributed by atoms with E-state index in [9.17, 15) is 14.7 Å². The summed E-state index contributed by atoms with van der Waals surface area (Å²) in [4.78, 5) is 44.3. The number of rotatable bonds is 8. The van der Waals surface area contributed by atoms with E-state index in [1.165, 1.54) is 6.07 Å². The molecule has 49 heavy (non-hydrogen) atoms. The minimum Gasteiger partial charge on any atom is -0.508 e. The van der Waals surface area contributed by atoms with Gasteiger partial charge in [0.05, 0.1) is 18.2 Å². The molecule has 2 aromatic rings. The Morgan fingerprint density at radius 2 is 1.82 bits per heavy atom. The number of allylic oxidation sites excluding steroid dienone is 1. The van der Waals surface area contributed by atoms with Crippen LogP contribution in [0.15, 0.2) is 28.0 Å². The first-order valence-electron chi connectivity index (χ1n) is 16.9. The van der Waals surface area contributed by atoms with Crippen molar-refractivity contribution in [2.45, 2.75) is 110 Å². The number of aliphatic hydroxyl groups is 1. The highest BCUT2D eigenvalue weighted by Gasteiger charge is 2.67. The molecule has 0 radical (unpaired) electrons. The van der Waals surface area contributed by atoms with E-state index in [4.69, 9.17) is 23.2 Å². The van der Waals surface area contributed by atoms with Gasteiger partial charge in [0.1, 0.15) is 28.5 Å². The number of Topliss-reactive ketones (excluding diaryl/α,β-unsaturated/α-hetero) is 2. The van der Waals surface area contributed by atoms with Crippen molar-refractivity contribution < 1.29 is 47.0 Å². The molecule has 268 valence electrons. The molecule has 1 aromatic carbocycles. The van der Waals surface area contributed by atoms with Crippen LogP contribution < -0.4 is 9.47 Å². The molecule has 0 aliphatic heterocycles. The predicted molar refractivity (Wildman–Crippen MR) is 181 cm³/mol. The van der Waals surface area contributed by atoms with Gasteiger partial charge in [0.15, 0.2) is 25.5 Å². The molecule has 0 fully saturated rings. The fourth-order valence-corrected chi connectivity index (χ4v) is 8.39. The summed E-state index contributed by atoms with van der Waals surface area (Å²) < 4.78 is 45.2. The van der Waals surface area contributed by atoms with Gasteiger partial charge in [-0.15, -0.1) is 0 Å². The van der Waals surface area contributed by atoms with E-state index in [0.717, 1.165) is 18.9 Å². The summed E-state index contributed by atoms with van der Waals surface area (Å²) in [5.41, 5.74) is -3.05. The molecule has 0 unspecified atom stereocenters. The summed E-state index contributed by atoms with van der Waals surface area (Å²) in [6.07, 6.45) is 0.690. The maximum atomic E-state index is 15.5. The standard InChI is InChI=1S/C36H49FN2O9Si/c1-12-13-16-44-32-26-29(47-38-32)27(39(8)9)21-18-19-17-20-22(37)14-15-23(45-33(43)46-34(2,3)4)25(20)28(40)24(19)30(41)36(21,31(26)42)48-49(10,11)35(5,6)7/h14-15,19,21,27,41H,12-13,16-18H2,1-11H3/t19-,21-,27-,36-/m0/s1. The predicted octanol–water partition coefficient (Wildman–Crippen LogP) is 7.75. The zero-order chi connectivity index (χ0) is 36.4. The topological polar surface area (TPSA) is 138 Å². The molecule has 0 spiro atoms. The molecule has 1 aromatic heterocycles. The van der Waals surface area contributed by atoms with Crippen LogP contribution in [0.3, 0.4) is 0 Å². The molecule has 3 aliphatic rings. The Labute approximate surface area is 288 Å². The van der Waals surface area contributed by atoms with Gasteiger partial charge in [-0.05, 0) is 95.5 Å². The lowest BCUT2D eigenvalue weighted by Gasteiger charge is -2.55. The van der Waals surface area contributed by atoms with E-state index in [1.54, 1.807) is 20.8 Å². The molecule has 0 saturated carbocycles. The average Bonchev–Trinajstić information content (AvgIpc) is 3.37. The van der Waals surface area contributed by atoms with Crippen molar-refractivity contribution in [3.8, 4) is 11.6 Å². The van der Waals surface area contributed by atoms with Crippen LogP contribution in [-0.4, -0.2) is 73.1 Å². The lowest BCUT2D eigenvalue weighted by atomic mass is 9.58. The summed E-state index contributed by atoms with van der Waals surface area (Å²) in [6, 6.07) is 1.71. The van der Waals surface area contributed by atoms with Gasteiger partial charge in [-0.2, -0.15) is 0 Å². The Hall–Kier alpha value is -3.55. The smallest absolute Gasteiger partial charge is 0.508 e. The third-order valence-electron chi connectivity index (χ3n) is 10.2. The molecule has 4 atom stereocenters. The van der Waals surface area contributed by atoms with Crippen molar-refractivity contribution >= 4 is 26.0 Å². The second-order valence-corrected chi connectivity index (χ2v) is 20.8. The maximum absolute atomic E-state index is 15.5. The number of nitrogens with zero attached hydrogens (tertiary/aromatic N) is 2. The van der Waals surface area contributed by atoms with E-state index in [2.05, 4.69) is 5.16 Å². The third-order valence-corrected chi connectivity index (χ3v) is 14.7. The second-order valence-electron chi connectivity index (χ2n) is 16.1. The highest BCUT2D eigenvalue weighted by Crippen LogP contribution is 2.59. The second kappa shape index (κ2) is 12.6. The number of carbonyl (C=O) groups is 3. The molecule has 3 aliphatic carbocycles. The van der Waals surface area contributed by atoms with E-state index in [0.29, 0.717) is 12.4 Å². The Balaban J connectivity index is 1.75.